The maximum absolute atomic E-state index is 12.8. The number of nitrogens with one attached hydrogen (secondary N) is 4. The zero-order valence-corrected chi connectivity index (χ0v) is 54.0. The van der Waals surface area contributed by atoms with Gasteiger partial charge in [0.15, 0.2) is 0 Å². The molecule has 0 bridgehead atoms. The first-order chi connectivity index (χ1) is 39.7. The summed E-state index contributed by atoms with van der Waals surface area (Å²) in [5.41, 5.74) is 4.45. The second kappa shape index (κ2) is 49.2. The minimum absolute atomic E-state index is 0.0166. The van der Waals surface area contributed by atoms with Crippen molar-refractivity contribution in [1.29, 1.82) is 0 Å². The quantitative estimate of drug-likeness (QED) is 0.0119. The summed E-state index contributed by atoms with van der Waals surface area (Å²) in [6.07, 6.45) is 0. The Hall–Kier alpha value is 0.620. The van der Waals surface area contributed by atoms with Crippen LogP contribution in [-0.2, 0) is 118 Å². The lowest BCUT2D eigenvalue weighted by molar-refractivity contribution is -0.237. The molecule has 0 aromatic rings. The summed E-state index contributed by atoms with van der Waals surface area (Å²) in [6.45, 7) is -11.9. The first-order valence-electron chi connectivity index (χ1n) is 23.0. The van der Waals surface area contributed by atoms with Crippen LogP contribution in [0.3, 0.4) is 0 Å². The van der Waals surface area contributed by atoms with Crippen LogP contribution in [0.2, 0.25) is 0 Å². The van der Waals surface area contributed by atoms with E-state index in [2.05, 4.69) is 72.4 Å². The summed E-state index contributed by atoms with van der Waals surface area (Å²) in [5, 5.41) is 8.99. The Bertz CT molecular complexity index is 2240. The summed E-state index contributed by atoms with van der Waals surface area (Å²) in [6, 6.07) is 0. The highest BCUT2D eigenvalue weighted by Crippen LogP contribution is 2.45. The summed E-state index contributed by atoms with van der Waals surface area (Å²) in [7, 11) is -50.1. The molecule has 45 nitrogen and oxygen atoms in total. The van der Waals surface area contributed by atoms with Gasteiger partial charge in [-0.3, -0.25) is 45.7 Å². The van der Waals surface area contributed by atoms with Gasteiger partial charge in [0.1, 0.15) is 0 Å². The summed E-state index contributed by atoms with van der Waals surface area (Å²) >= 11 is 0. The van der Waals surface area contributed by atoms with Crippen LogP contribution in [0.1, 0.15) is 20.8 Å². The Kier molecular flexibility index (Phi) is 53.2. The van der Waals surface area contributed by atoms with Crippen molar-refractivity contribution in [3.63, 3.8) is 0 Å². The van der Waals surface area contributed by atoms with Crippen LogP contribution in [0.15, 0.2) is 0 Å². The second-order valence-electron chi connectivity index (χ2n) is 14.9. The molecule has 0 aliphatic carbocycles. The van der Waals surface area contributed by atoms with Crippen molar-refractivity contribution in [2.45, 2.75) is 20.8 Å². The van der Waals surface area contributed by atoms with E-state index in [4.69, 9.17) is 24.7 Å². The molecule has 0 aliphatic heterocycles. The average molecular weight is 1500 g/mol. The predicted octanol–water partition coefficient (Wildman–Crippen LogP) is -5.72. The van der Waals surface area contributed by atoms with Gasteiger partial charge in [-0.25, -0.2) is 0 Å². The monoisotopic (exact) mass is 1500 g/mol. The molecule has 0 aromatic carbocycles. The molecular weight excluding hydrogens is 1430 g/mol. The maximum Gasteiger partial charge on any atom is 0.267 e. The number of rotatable bonds is 51. The third-order valence-electron chi connectivity index (χ3n) is 7.63. The number of aliphatic hydroxyl groups excluding tert-OH is 1. The van der Waals surface area contributed by atoms with Crippen molar-refractivity contribution in [2.24, 2.45) is 23.7 Å². The Morgan fingerprint density at radius 3 is 0.598 bits per heavy atom. The normalized spacial score (nSPS) is 20.2. The van der Waals surface area contributed by atoms with Crippen LogP contribution in [0, 0.1) is 23.7 Å². The highest BCUT2D eigenvalue weighted by Gasteiger charge is 2.24. The fourth-order valence-corrected chi connectivity index (χ4v) is 10.1. The molecule has 0 fully saturated rings. The molecule has 0 radical (unpaired) electrons. The van der Waals surface area contributed by atoms with E-state index in [-0.39, 0.29) is 19.8 Å². The molecule has 87 heavy (non-hydrogen) atoms. The highest BCUT2D eigenvalue weighted by molar-refractivity contribution is 7.47. The Labute approximate surface area is 491 Å². The van der Waals surface area contributed by atoms with Crippen molar-refractivity contribution in [2.75, 3.05) is 138 Å². The fraction of sp³-hybridized carbons (Fsp3) is 1.00. The zero-order chi connectivity index (χ0) is 68.3. The number of hydrogen-bond donors (Lipinski definition) is 9. The molecule has 0 saturated heterocycles. The Morgan fingerprint density at radius 2 is 0.460 bits per heavy atom. The molecule has 0 heterocycles. The Morgan fingerprint density at radius 1 is 0.299 bits per heavy atom. The number of aliphatic hydroxyl groups is 1. The lowest BCUT2D eigenvalue weighted by Crippen LogP contribution is -2.28. The van der Waals surface area contributed by atoms with Gasteiger partial charge in [0, 0.05) is 56.5 Å². The van der Waals surface area contributed by atoms with Crippen molar-refractivity contribution in [3.8, 4) is 0 Å². The van der Waals surface area contributed by atoms with Gasteiger partial charge < -0.3 is 146 Å². The van der Waals surface area contributed by atoms with Gasteiger partial charge in [-0.2, -0.15) is 22.2 Å². The van der Waals surface area contributed by atoms with E-state index in [1.54, 1.807) is 0 Å². The van der Waals surface area contributed by atoms with Gasteiger partial charge in [-0.05, 0) is 20.8 Å². The molecule has 0 amide bonds. The topological polar surface area (TPSA) is 698 Å². The summed E-state index contributed by atoms with van der Waals surface area (Å²) in [4.78, 5) is 143. The van der Waals surface area contributed by atoms with E-state index < -0.39 is 221 Å². The Balaban J connectivity index is -0.00000138. The SMILES string of the molecule is CCOP(=O)([O-])O.CCOP(=O)([O-])O.CCOP(=O)([O-])O.O=P([O-])(O)OCC(CNF)COP(=O)([O-])OCCOP(=O)([O-])OCC(CNF)COP(=O)([O-])OCCOP(=O)([O-])OCC(CNF)COP(=O)([O-])OCCOP(=O)([O-])OCC(CO)CNF. The lowest BCUT2D eigenvalue weighted by atomic mass is 10.2. The molecule has 0 rings (SSSR count). The number of phosphoric acid groups is 10. The van der Waals surface area contributed by atoms with Crippen molar-refractivity contribution in [3.05, 3.63) is 0 Å². The molecule has 59 heteroatoms. The average Bonchev–Trinajstić information content (AvgIpc) is 3.51. The molecule has 530 valence electrons. The van der Waals surface area contributed by atoms with E-state index in [9.17, 15) is 113 Å². The molecule has 0 aliphatic rings. The second-order valence-corrected chi connectivity index (χ2v) is 28.1. The molecule has 14 atom stereocenters. The minimum atomic E-state index is -5.37. The van der Waals surface area contributed by atoms with Gasteiger partial charge in [0.05, 0.1) is 106 Å². The van der Waals surface area contributed by atoms with Gasteiger partial charge in [-0.1, -0.05) is 0 Å². The number of hydrogen-bond acceptors (Lipinski definition) is 41. The minimum Gasteiger partial charge on any atom is -0.756 e. The van der Waals surface area contributed by atoms with Crippen LogP contribution in [0.25, 0.3) is 0 Å². The zero-order valence-electron chi connectivity index (χ0n) is 45.1. The number of halogens is 4. The van der Waals surface area contributed by atoms with E-state index in [1.165, 1.54) is 26.3 Å². The van der Waals surface area contributed by atoms with E-state index in [1.807, 2.05) is 0 Å². The molecule has 9 N–H and O–H groups in total. The van der Waals surface area contributed by atoms with Gasteiger partial charge in [0.2, 0.25) is 0 Å². The molecule has 14 unspecified atom stereocenters. The van der Waals surface area contributed by atoms with Gasteiger partial charge in [0.25, 0.3) is 78.2 Å². The van der Waals surface area contributed by atoms with Crippen LogP contribution >= 0.6 is 78.2 Å². The highest BCUT2D eigenvalue weighted by atomic mass is 31.2. The number of phosphoric ester groups is 10. The molecule has 0 aromatic heterocycles. The first-order valence-corrected chi connectivity index (χ1v) is 37.7. The van der Waals surface area contributed by atoms with Crippen LogP contribution in [0.5, 0.6) is 0 Å². The maximum atomic E-state index is 12.8. The van der Waals surface area contributed by atoms with Crippen molar-refractivity contribution < 1.29 is 210 Å². The third kappa shape index (κ3) is 67.8. The van der Waals surface area contributed by atoms with Crippen LogP contribution in [-0.4, -0.2) is 163 Å². The molecule has 0 saturated carbocycles. The van der Waals surface area contributed by atoms with Crippen molar-refractivity contribution >= 4 is 78.2 Å². The molecular formula is C28H64F4N4O41P10-10. The summed E-state index contributed by atoms with van der Waals surface area (Å²) < 4.78 is 229. The first kappa shape index (κ1) is 94.0. The lowest BCUT2D eigenvalue weighted by Gasteiger charge is -2.29. The van der Waals surface area contributed by atoms with E-state index >= 15 is 0 Å². The van der Waals surface area contributed by atoms with E-state index in [0.717, 1.165) is 16.6 Å². The van der Waals surface area contributed by atoms with Crippen LogP contribution < -0.4 is 71.1 Å². The molecule has 0 spiro atoms. The standard InChI is InChI=1S/C22H53F4N4O29P7.3C2H7O4P/c23-27-7-19(11-31)12-54-61(35,36)47-1-2-49-63(39,40)56-15-21(9-29-25)16-58-65(43,44)51-5-6-52-66(45,46)59-18-22(10-30-26)17-57-64(41,42)50-4-3-48-62(37,38)55-14-20(8-28-24)13-53-60(32,33)34;3*1-2-6-7(3,4)5/h19-22,27-31H,1-18H2,(H,35,36)(H,37,38)(H,39,40)(H,41,42)(H,43,44)(H,45,46)(H2,32,33,34);3*2H2,1H3,(H2,3,4,5)/p-10. The van der Waals surface area contributed by atoms with Gasteiger partial charge in [-0.15, -0.1) is 17.9 Å². The predicted molar refractivity (Wildman–Crippen MR) is 255 cm³/mol. The fourth-order valence-electron chi connectivity index (χ4n) is 4.10. The van der Waals surface area contributed by atoms with Crippen molar-refractivity contribution in [1.82, 2.24) is 22.2 Å². The van der Waals surface area contributed by atoms with Crippen LogP contribution in [0.4, 0.5) is 17.9 Å². The third-order valence-corrected chi connectivity index (χ3v) is 15.6. The smallest absolute Gasteiger partial charge is 0.267 e. The van der Waals surface area contributed by atoms with Gasteiger partial charge >= 0.3 is 0 Å². The van der Waals surface area contributed by atoms with E-state index in [0.29, 0.717) is 0 Å². The largest absolute Gasteiger partial charge is 0.756 e. The summed E-state index contributed by atoms with van der Waals surface area (Å²) in [5.74, 6) is -5.13.